The number of rotatable bonds is 7. The van der Waals surface area contributed by atoms with E-state index in [1.54, 1.807) is 17.0 Å². The van der Waals surface area contributed by atoms with Crippen molar-refractivity contribution in [1.82, 2.24) is 10.2 Å². The first-order valence-corrected chi connectivity index (χ1v) is 9.05. The molecule has 0 spiro atoms. The molecule has 1 aliphatic rings. The number of hydrogen-bond acceptors (Lipinski definition) is 4. The highest BCUT2D eigenvalue weighted by Crippen LogP contribution is 2.36. The Morgan fingerprint density at radius 2 is 2.08 bits per heavy atom. The van der Waals surface area contributed by atoms with E-state index in [1.165, 1.54) is 7.11 Å². The van der Waals surface area contributed by atoms with E-state index in [4.69, 9.17) is 9.47 Å². The average molecular weight is 421 g/mol. The Morgan fingerprint density at radius 1 is 1.40 bits per heavy atom. The molecule has 1 heterocycles. The van der Waals surface area contributed by atoms with Crippen molar-refractivity contribution in [2.75, 3.05) is 33.4 Å². The van der Waals surface area contributed by atoms with Gasteiger partial charge < -0.3 is 14.8 Å². The van der Waals surface area contributed by atoms with Gasteiger partial charge in [0, 0.05) is 24.7 Å². The molecule has 1 amide bonds. The van der Waals surface area contributed by atoms with Crippen LogP contribution in [0.25, 0.3) is 0 Å². The predicted octanol–water partition coefficient (Wildman–Crippen LogP) is 3.32. The molecule has 0 bridgehead atoms. The van der Waals surface area contributed by atoms with Crippen molar-refractivity contribution in [1.29, 1.82) is 0 Å². The summed E-state index contributed by atoms with van der Waals surface area (Å²) >= 11 is 3.40. The number of alkyl halides is 2. The zero-order valence-corrected chi connectivity index (χ0v) is 15.9. The Balaban J connectivity index is 1.98. The van der Waals surface area contributed by atoms with Gasteiger partial charge in [-0.1, -0.05) is 0 Å². The van der Waals surface area contributed by atoms with Crippen molar-refractivity contribution in [3.8, 4) is 11.5 Å². The Morgan fingerprint density at radius 3 is 2.64 bits per heavy atom. The maximum atomic E-state index is 12.5. The van der Waals surface area contributed by atoms with Gasteiger partial charge in [0.1, 0.15) is 0 Å². The van der Waals surface area contributed by atoms with E-state index < -0.39 is 6.43 Å². The summed E-state index contributed by atoms with van der Waals surface area (Å²) in [6.45, 7) is 3.27. The standard InChI is InChI=1S/C17H23BrF2N2O3/c1-3-25-16-13(18)8-11(9-14(16)24-2)17(23)21-12-4-6-22(7-5-12)10-15(19)20/h8-9,12,15H,3-7,10H2,1-2H3,(H,21,23). The van der Waals surface area contributed by atoms with E-state index >= 15 is 0 Å². The van der Waals surface area contributed by atoms with Gasteiger partial charge in [-0.3, -0.25) is 9.69 Å². The summed E-state index contributed by atoms with van der Waals surface area (Å²) in [7, 11) is 1.52. The minimum Gasteiger partial charge on any atom is -0.493 e. The molecule has 8 heteroatoms. The minimum atomic E-state index is -2.32. The lowest BCUT2D eigenvalue weighted by Gasteiger charge is -2.32. The minimum absolute atomic E-state index is 0.0160. The number of carbonyl (C=O) groups excluding carboxylic acids is 1. The van der Waals surface area contributed by atoms with Crippen LogP contribution in [0.5, 0.6) is 11.5 Å². The van der Waals surface area contributed by atoms with Crippen LogP contribution in [0.2, 0.25) is 0 Å². The van der Waals surface area contributed by atoms with Crippen molar-refractivity contribution >= 4 is 21.8 Å². The van der Waals surface area contributed by atoms with E-state index in [2.05, 4.69) is 21.2 Å². The Kier molecular flexibility index (Phi) is 7.43. The number of benzene rings is 1. The van der Waals surface area contributed by atoms with Gasteiger partial charge in [0.15, 0.2) is 11.5 Å². The molecule has 1 saturated heterocycles. The highest BCUT2D eigenvalue weighted by Gasteiger charge is 2.23. The first kappa shape index (κ1) is 19.9. The van der Waals surface area contributed by atoms with E-state index in [9.17, 15) is 13.6 Å². The van der Waals surface area contributed by atoms with Crippen molar-refractivity contribution < 1.29 is 23.0 Å². The molecule has 1 N–H and O–H groups in total. The zero-order chi connectivity index (χ0) is 18.4. The fourth-order valence-electron chi connectivity index (χ4n) is 2.86. The quantitative estimate of drug-likeness (QED) is 0.734. The Hall–Kier alpha value is -1.41. The molecule has 0 atom stereocenters. The molecule has 1 aromatic rings. The van der Waals surface area contributed by atoms with Crippen LogP contribution in [0.15, 0.2) is 16.6 Å². The summed E-state index contributed by atoms with van der Waals surface area (Å²) in [6.07, 6.45) is -0.999. The summed E-state index contributed by atoms with van der Waals surface area (Å²) in [5.41, 5.74) is 0.460. The molecule has 0 saturated carbocycles. The predicted molar refractivity (Wildman–Crippen MR) is 94.8 cm³/mol. The van der Waals surface area contributed by atoms with Crippen molar-refractivity contribution in [2.24, 2.45) is 0 Å². The van der Waals surface area contributed by atoms with E-state index in [1.807, 2.05) is 6.92 Å². The number of ether oxygens (including phenoxy) is 2. The van der Waals surface area contributed by atoms with Crippen LogP contribution in [-0.4, -0.2) is 56.6 Å². The van der Waals surface area contributed by atoms with Gasteiger partial charge in [0.2, 0.25) is 0 Å². The number of hydrogen-bond donors (Lipinski definition) is 1. The molecular weight excluding hydrogens is 398 g/mol. The molecule has 1 aromatic carbocycles. The van der Waals surface area contributed by atoms with Gasteiger partial charge >= 0.3 is 0 Å². The lowest BCUT2D eigenvalue weighted by molar-refractivity contribution is 0.0696. The van der Waals surface area contributed by atoms with Gasteiger partial charge in [0.05, 0.1) is 24.7 Å². The normalized spacial score (nSPS) is 16.1. The second-order valence-corrected chi connectivity index (χ2v) is 6.72. The van der Waals surface area contributed by atoms with E-state index in [-0.39, 0.29) is 18.5 Å². The summed E-state index contributed by atoms with van der Waals surface area (Å²) in [6, 6.07) is 3.31. The summed E-state index contributed by atoms with van der Waals surface area (Å²) in [4.78, 5) is 14.2. The van der Waals surface area contributed by atoms with Crippen LogP contribution in [0.4, 0.5) is 8.78 Å². The third kappa shape index (κ3) is 5.54. The molecule has 5 nitrogen and oxygen atoms in total. The maximum absolute atomic E-state index is 12.5. The van der Waals surface area contributed by atoms with Gasteiger partial charge in [-0.15, -0.1) is 0 Å². The molecule has 2 rings (SSSR count). The molecule has 0 aliphatic carbocycles. The molecule has 140 valence electrons. The van der Waals surface area contributed by atoms with Crippen LogP contribution in [0.3, 0.4) is 0 Å². The van der Waals surface area contributed by atoms with Crippen LogP contribution in [-0.2, 0) is 0 Å². The Labute approximate surface area is 154 Å². The molecular formula is C17H23BrF2N2O3. The number of nitrogens with zero attached hydrogens (tertiary/aromatic N) is 1. The lowest BCUT2D eigenvalue weighted by Crippen LogP contribution is -2.45. The summed E-state index contributed by atoms with van der Waals surface area (Å²) < 4.78 is 36.3. The fraction of sp³-hybridized carbons (Fsp3) is 0.588. The number of carbonyl (C=O) groups is 1. The molecule has 0 unspecified atom stereocenters. The SMILES string of the molecule is CCOc1c(Br)cc(C(=O)NC2CCN(CC(F)F)CC2)cc1OC. The largest absolute Gasteiger partial charge is 0.493 e. The fourth-order valence-corrected chi connectivity index (χ4v) is 3.42. The second-order valence-electron chi connectivity index (χ2n) is 5.86. The monoisotopic (exact) mass is 420 g/mol. The van der Waals surface area contributed by atoms with E-state index in [0.29, 0.717) is 54.1 Å². The highest BCUT2D eigenvalue weighted by molar-refractivity contribution is 9.10. The zero-order valence-electron chi connectivity index (χ0n) is 14.4. The number of amides is 1. The smallest absolute Gasteiger partial charge is 0.251 e. The van der Waals surface area contributed by atoms with Crippen molar-refractivity contribution in [2.45, 2.75) is 32.2 Å². The third-order valence-corrected chi connectivity index (χ3v) is 4.69. The Bertz CT molecular complexity index is 594. The number of halogens is 3. The summed E-state index contributed by atoms with van der Waals surface area (Å²) in [5, 5.41) is 2.97. The van der Waals surface area contributed by atoms with Crippen molar-refractivity contribution in [3.05, 3.63) is 22.2 Å². The number of methoxy groups -OCH3 is 1. The molecule has 0 radical (unpaired) electrons. The third-order valence-electron chi connectivity index (χ3n) is 4.10. The molecule has 25 heavy (non-hydrogen) atoms. The van der Waals surface area contributed by atoms with Crippen LogP contribution in [0, 0.1) is 0 Å². The van der Waals surface area contributed by atoms with Gasteiger partial charge in [-0.05, 0) is 47.8 Å². The average Bonchev–Trinajstić information content (AvgIpc) is 2.57. The lowest BCUT2D eigenvalue weighted by atomic mass is 10.0. The van der Waals surface area contributed by atoms with Crippen molar-refractivity contribution in [3.63, 3.8) is 0 Å². The van der Waals surface area contributed by atoms with Crippen LogP contribution < -0.4 is 14.8 Å². The van der Waals surface area contributed by atoms with Crippen LogP contribution >= 0.6 is 15.9 Å². The van der Waals surface area contributed by atoms with Gasteiger partial charge in [-0.2, -0.15) is 0 Å². The first-order valence-electron chi connectivity index (χ1n) is 8.26. The number of likely N-dealkylation sites (tertiary alicyclic amines) is 1. The van der Waals surface area contributed by atoms with Gasteiger partial charge in [0.25, 0.3) is 12.3 Å². The highest BCUT2D eigenvalue weighted by atomic mass is 79.9. The first-order chi connectivity index (χ1) is 11.9. The number of piperidine rings is 1. The molecule has 0 aromatic heterocycles. The van der Waals surface area contributed by atoms with E-state index in [0.717, 1.165) is 0 Å². The summed E-state index contributed by atoms with van der Waals surface area (Å²) in [5.74, 6) is 0.823. The van der Waals surface area contributed by atoms with Crippen LogP contribution in [0.1, 0.15) is 30.1 Å². The van der Waals surface area contributed by atoms with Gasteiger partial charge in [-0.25, -0.2) is 8.78 Å². The second kappa shape index (κ2) is 9.33. The maximum Gasteiger partial charge on any atom is 0.251 e. The number of nitrogens with one attached hydrogen (secondary N) is 1. The molecule has 1 fully saturated rings. The topological polar surface area (TPSA) is 50.8 Å². The molecule has 1 aliphatic heterocycles.